The number of alkyl carbamates (subject to hydrolysis) is 1. The van der Waals surface area contributed by atoms with Gasteiger partial charge in [0.15, 0.2) is 5.75 Å². The van der Waals surface area contributed by atoms with Gasteiger partial charge in [-0.1, -0.05) is 0 Å². The maximum atomic E-state index is 12.7. The van der Waals surface area contributed by atoms with E-state index < -0.39 is 29.8 Å². The molecule has 1 amide bonds. The molecule has 1 aromatic heterocycles. The predicted octanol–water partition coefficient (Wildman–Crippen LogP) is 3.30. The molecular weight excluding hydrogens is 378 g/mol. The standard InChI is InChI=1S/C14H19BrF2N2O4/c1-8(18-13(21)23-14(2,3)4)7-22-10-5-9(15)6-19(11(10)20)12(16)17/h5-6,8,12H,7H2,1-4H3,(H,18,21). The Hall–Kier alpha value is -1.64. The van der Waals surface area contributed by atoms with E-state index in [1.54, 1.807) is 27.7 Å². The van der Waals surface area contributed by atoms with Crippen LogP contribution in [-0.2, 0) is 4.74 Å². The molecule has 0 saturated carbocycles. The fourth-order valence-corrected chi connectivity index (χ4v) is 1.99. The molecule has 0 aromatic carbocycles. The summed E-state index contributed by atoms with van der Waals surface area (Å²) in [7, 11) is 0. The van der Waals surface area contributed by atoms with Gasteiger partial charge in [-0.05, 0) is 43.6 Å². The zero-order valence-corrected chi connectivity index (χ0v) is 14.8. The van der Waals surface area contributed by atoms with E-state index in [9.17, 15) is 18.4 Å². The van der Waals surface area contributed by atoms with Gasteiger partial charge in [0.25, 0.3) is 5.56 Å². The van der Waals surface area contributed by atoms with E-state index in [0.29, 0.717) is 0 Å². The Labute approximate surface area is 140 Å². The number of nitrogens with zero attached hydrogens (tertiary/aromatic N) is 1. The summed E-state index contributed by atoms with van der Waals surface area (Å²) >= 11 is 3.03. The van der Waals surface area contributed by atoms with Crippen LogP contribution in [0.3, 0.4) is 0 Å². The molecule has 1 N–H and O–H groups in total. The number of amides is 1. The average molecular weight is 397 g/mol. The number of hydrogen-bond acceptors (Lipinski definition) is 4. The van der Waals surface area contributed by atoms with Crippen LogP contribution in [-0.4, -0.2) is 28.9 Å². The van der Waals surface area contributed by atoms with Crippen molar-refractivity contribution >= 4 is 22.0 Å². The Bertz CT molecular complexity index is 614. The quantitative estimate of drug-likeness (QED) is 0.828. The zero-order chi connectivity index (χ0) is 17.8. The third-order valence-corrected chi connectivity index (χ3v) is 2.87. The molecule has 9 heteroatoms. The minimum atomic E-state index is -2.97. The first-order valence-electron chi connectivity index (χ1n) is 6.82. The number of hydrogen-bond donors (Lipinski definition) is 1. The molecule has 0 saturated heterocycles. The molecule has 1 atom stereocenters. The van der Waals surface area contributed by atoms with Gasteiger partial charge in [0.05, 0.1) is 6.04 Å². The molecule has 0 radical (unpaired) electrons. The van der Waals surface area contributed by atoms with Crippen molar-refractivity contribution < 1.29 is 23.0 Å². The summed E-state index contributed by atoms with van der Waals surface area (Å²) in [5, 5.41) is 2.52. The van der Waals surface area contributed by atoms with Crippen molar-refractivity contribution in [3.63, 3.8) is 0 Å². The van der Waals surface area contributed by atoms with Crippen molar-refractivity contribution in [3.05, 3.63) is 27.1 Å². The summed E-state index contributed by atoms with van der Waals surface area (Å²) in [4.78, 5) is 23.4. The van der Waals surface area contributed by atoms with Crippen molar-refractivity contribution in [1.29, 1.82) is 0 Å². The monoisotopic (exact) mass is 396 g/mol. The topological polar surface area (TPSA) is 69.6 Å². The second kappa shape index (κ2) is 7.76. The van der Waals surface area contributed by atoms with Crippen molar-refractivity contribution in [2.75, 3.05) is 6.61 Å². The molecule has 23 heavy (non-hydrogen) atoms. The Balaban J connectivity index is 2.68. The highest BCUT2D eigenvalue weighted by atomic mass is 79.9. The van der Waals surface area contributed by atoms with Crippen LogP contribution in [0.1, 0.15) is 34.2 Å². The van der Waals surface area contributed by atoms with Gasteiger partial charge in [0, 0.05) is 16.7 Å². The van der Waals surface area contributed by atoms with E-state index in [2.05, 4.69) is 21.2 Å². The Morgan fingerprint density at radius 2 is 2.04 bits per heavy atom. The van der Waals surface area contributed by atoms with Crippen LogP contribution in [0, 0.1) is 0 Å². The second-order valence-corrected chi connectivity index (χ2v) is 6.79. The lowest BCUT2D eigenvalue weighted by Gasteiger charge is -2.22. The summed E-state index contributed by atoms with van der Waals surface area (Å²) in [5.41, 5.74) is -1.59. The van der Waals surface area contributed by atoms with E-state index in [-0.39, 0.29) is 21.4 Å². The first kappa shape index (κ1) is 19.4. The lowest BCUT2D eigenvalue weighted by atomic mass is 10.2. The van der Waals surface area contributed by atoms with E-state index in [4.69, 9.17) is 9.47 Å². The number of halogens is 3. The van der Waals surface area contributed by atoms with Crippen molar-refractivity contribution in [3.8, 4) is 5.75 Å². The average Bonchev–Trinajstić information content (AvgIpc) is 2.36. The van der Waals surface area contributed by atoms with Crippen LogP contribution in [0.4, 0.5) is 13.6 Å². The van der Waals surface area contributed by atoms with Crippen molar-refractivity contribution in [2.45, 2.75) is 45.9 Å². The van der Waals surface area contributed by atoms with Crippen molar-refractivity contribution in [2.24, 2.45) is 0 Å². The molecule has 0 bridgehead atoms. The van der Waals surface area contributed by atoms with E-state index in [1.165, 1.54) is 6.07 Å². The van der Waals surface area contributed by atoms with Gasteiger partial charge in [-0.3, -0.25) is 9.36 Å². The number of nitrogens with one attached hydrogen (secondary N) is 1. The highest BCUT2D eigenvalue weighted by molar-refractivity contribution is 9.10. The predicted molar refractivity (Wildman–Crippen MR) is 84.0 cm³/mol. The van der Waals surface area contributed by atoms with Gasteiger partial charge in [0.1, 0.15) is 12.2 Å². The molecule has 1 heterocycles. The highest BCUT2D eigenvalue weighted by Gasteiger charge is 2.19. The fourth-order valence-electron chi connectivity index (χ4n) is 1.56. The second-order valence-electron chi connectivity index (χ2n) is 5.87. The number of rotatable bonds is 5. The van der Waals surface area contributed by atoms with Crippen LogP contribution in [0.2, 0.25) is 0 Å². The Morgan fingerprint density at radius 3 is 2.57 bits per heavy atom. The molecule has 0 aliphatic heterocycles. The largest absolute Gasteiger partial charge is 0.486 e. The summed E-state index contributed by atoms with van der Waals surface area (Å²) in [5.74, 6) is -0.238. The van der Waals surface area contributed by atoms with Gasteiger partial charge in [0.2, 0.25) is 0 Å². The van der Waals surface area contributed by atoms with Crippen LogP contribution >= 0.6 is 15.9 Å². The zero-order valence-electron chi connectivity index (χ0n) is 13.2. The molecule has 0 fully saturated rings. The summed E-state index contributed by atoms with van der Waals surface area (Å²) in [6, 6.07) is 0.810. The van der Waals surface area contributed by atoms with Gasteiger partial charge in [-0.25, -0.2) is 4.79 Å². The van der Waals surface area contributed by atoms with Crippen LogP contribution < -0.4 is 15.6 Å². The van der Waals surface area contributed by atoms with Gasteiger partial charge < -0.3 is 14.8 Å². The SMILES string of the molecule is CC(COc1cc(Br)cn(C(F)F)c1=O)NC(=O)OC(C)(C)C. The molecule has 130 valence electrons. The normalized spacial score (nSPS) is 12.9. The minimum Gasteiger partial charge on any atom is -0.486 e. The summed E-state index contributed by atoms with van der Waals surface area (Å²) in [6.45, 7) is 3.76. The Kier molecular flexibility index (Phi) is 6.55. The molecule has 1 unspecified atom stereocenters. The van der Waals surface area contributed by atoms with Crippen LogP contribution in [0.5, 0.6) is 5.75 Å². The van der Waals surface area contributed by atoms with Gasteiger partial charge in [-0.2, -0.15) is 8.78 Å². The molecule has 0 spiro atoms. The third-order valence-electron chi connectivity index (χ3n) is 2.44. The van der Waals surface area contributed by atoms with Crippen molar-refractivity contribution in [1.82, 2.24) is 9.88 Å². The van der Waals surface area contributed by atoms with Crippen LogP contribution in [0.25, 0.3) is 0 Å². The number of ether oxygens (including phenoxy) is 2. The third kappa shape index (κ3) is 6.55. The van der Waals surface area contributed by atoms with E-state index in [1.807, 2.05) is 0 Å². The smallest absolute Gasteiger partial charge is 0.407 e. The van der Waals surface area contributed by atoms with Crippen LogP contribution in [0.15, 0.2) is 21.5 Å². The molecular formula is C14H19BrF2N2O4. The number of carbonyl (C=O) groups is 1. The lowest BCUT2D eigenvalue weighted by molar-refractivity contribution is 0.0493. The highest BCUT2D eigenvalue weighted by Crippen LogP contribution is 2.18. The molecule has 6 nitrogen and oxygen atoms in total. The van der Waals surface area contributed by atoms with Gasteiger partial charge in [-0.15, -0.1) is 0 Å². The molecule has 0 aliphatic carbocycles. The molecule has 1 rings (SSSR count). The number of carbonyl (C=O) groups excluding carboxylic acids is 1. The number of pyridine rings is 1. The van der Waals surface area contributed by atoms with Gasteiger partial charge >= 0.3 is 12.6 Å². The minimum absolute atomic E-state index is 0.0752. The maximum Gasteiger partial charge on any atom is 0.407 e. The lowest BCUT2D eigenvalue weighted by Crippen LogP contribution is -2.40. The first-order valence-corrected chi connectivity index (χ1v) is 7.61. The first-order chi connectivity index (χ1) is 10.5. The fraction of sp³-hybridized carbons (Fsp3) is 0.571. The summed E-state index contributed by atoms with van der Waals surface area (Å²) in [6.07, 6.45) is 0.343. The molecule has 1 aromatic rings. The maximum absolute atomic E-state index is 12.7. The van der Waals surface area contributed by atoms with E-state index >= 15 is 0 Å². The van der Waals surface area contributed by atoms with E-state index in [0.717, 1.165) is 6.20 Å². The summed E-state index contributed by atoms with van der Waals surface area (Å²) < 4.78 is 36.3. The Morgan fingerprint density at radius 1 is 1.43 bits per heavy atom. The number of aromatic nitrogens is 1. The number of alkyl halides is 2. The molecule has 0 aliphatic rings.